The summed E-state index contributed by atoms with van der Waals surface area (Å²) in [4.78, 5) is 26.3. The minimum absolute atomic E-state index is 0.257. The van der Waals surface area contributed by atoms with Crippen molar-refractivity contribution in [3.63, 3.8) is 0 Å². The van der Waals surface area contributed by atoms with Gasteiger partial charge in [-0.15, -0.1) is 0 Å². The number of para-hydroxylation sites is 2. The summed E-state index contributed by atoms with van der Waals surface area (Å²) in [5, 5.41) is 0.726. The van der Waals surface area contributed by atoms with Gasteiger partial charge in [-0.2, -0.15) is 0 Å². The van der Waals surface area contributed by atoms with Crippen LogP contribution in [0.25, 0.3) is 33.4 Å². The number of fused-ring (bicyclic) bond motifs is 1. The van der Waals surface area contributed by atoms with Gasteiger partial charge in [-0.05, 0) is 25.1 Å². The van der Waals surface area contributed by atoms with E-state index in [1.165, 1.54) is 6.20 Å². The molecule has 0 aliphatic heterocycles. The van der Waals surface area contributed by atoms with E-state index in [1.807, 2.05) is 42.5 Å². The molecule has 2 aromatic heterocycles. The first-order valence-electron chi connectivity index (χ1n) is 9.76. The lowest BCUT2D eigenvalue weighted by molar-refractivity contribution is 0.0527. The van der Waals surface area contributed by atoms with Gasteiger partial charge in [0.15, 0.2) is 0 Å². The van der Waals surface area contributed by atoms with Crippen LogP contribution < -0.4 is 9.47 Å². The van der Waals surface area contributed by atoms with E-state index in [1.54, 1.807) is 33.5 Å². The Labute approximate surface area is 179 Å². The summed E-state index contributed by atoms with van der Waals surface area (Å²) in [6.45, 7) is 2.02. The van der Waals surface area contributed by atoms with Crippen molar-refractivity contribution in [3.05, 3.63) is 66.6 Å². The zero-order chi connectivity index (χ0) is 21.8. The molecule has 0 fully saturated rings. The van der Waals surface area contributed by atoms with Crippen LogP contribution in [0.15, 0.2) is 61.1 Å². The molecular formula is C24H21N3O4. The topological polar surface area (TPSA) is 83.4 Å². The van der Waals surface area contributed by atoms with Gasteiger partial charge in [-0.3, -0.25) is 15.0 Å². The van der Waals surface area contributed by atoms with Gasteiger partial charge < -0.3 is 14.2 Å². The second-order valence-electron chi connectivity index (χ2n) is 6.61. The Kier molecular flexibility index (Phi) is 5.75. The quantitative estimate of drug-likeness (QED) is 0.427. The predicted octanol–water partition coefficient (Wildman–Crippen LogP) is 4.55. The van der Waals surface area contributed by atoms with E-state index in [9.17, 15) is 4.79 Å². The number of nitrogens with zero attached hydrogens (tertiary/aromatic N) is 3. The number of rotatable bonds is 6. The molecule has 156 valence electrons. The maximum absolute atomic E-state index is 12.7. The van der Waals surface area contributed by atoms with Gasteiger partial charge in [-0.1, -0.05) is 24.3 Å². The lowest BCUT2D eigenvalue weighted by atomic mass is 10.00. The Morgan fingerprint density at radius 3 is 2.26 bits per heavy atom. The fourth-order valence-electron chi connectivity index (χ4n) is 3.45. The summed E-state index contributed by atoms with van der Waals surface area (Å²) in [6.07, 6.45) is 4.79. The minimum atomic E-state index is -0.467. The fourth-order valence-corrected chi connectivity index (χ4v) is 3.45. The Bertz CT molecular complexity index is 1240. The maximum atomic E-state index is 12.7. The summed E-state index contributed by atoms with van der Waals surface area (Å²) in [6, 6.07) is 13.1. The Morgan fingerprint density at radius 1 is 0.839 bits per heavy atom. The molecule has 0 atom stereocenters. The molecule has 0 radical (unpaired) electrons. The molecule has 7 heteroatoms. The van der Waals surface area contributed by atoms with Crippen LogP contribution in [0.4, 0.5) is 0 Å². The highest BCUT2D eigenvalue weighted by Crippen LogP contribution is 2.35. The van der Waals surface area contributed by atoms with Gasteiger partial charge in [-0.25, -0.2) is 4.79 Å². The Morgan fingerprint density at radius 2 is 1.55 bits per heavy atom. The van der Waals surface area contributed by atoms with E-state index in [-0.39, 0.29) is 6.61 Å². The molecule has 2 heterocycles. The van der Waals surface area contributed by atoms with Crippen LogP contribution in [0, 0.1) is 0 Å². The second kappa shape index (κ2) is 8.79. The number of hydrogen-bond acceptors (Lipinski definition) is 7. The van der Waals surface area contributed by atoms with Crippen LogP contribution in [0.1, 0.15) is 17.3 Å². The lowest BCUT2D eigenvalue weighted by Gasteiger charge is -2.13. The SMILES string of the molecule is CCOC(=O)c1cnc2c(OC)cccc2c1-c1cnc(-c2ccccc2OC)cn1. The van der Waals surface area contributed by atoms with E-state index in [0.717, 1.165) is 10.9 Å². The molecule has 0 spiro atoms. The van der Waals surface area contributed by atoms with Crippen molar-refractivity contribution in [2.24, 2.45) is 0 Å². The smallest absolute Gasteiger partial charge is 0.340 e. The second-order valence-corrected chi connectivity index (χ2v) is 6.61. The first-order valence-corrected chi connectivity index (χ1v) is 9.76. The van der Waals surface area contributed by atoms with Crippen LogP contribution >= 0.6 is 0 Å². The Balaban J connectivity index is 1.89. The third kappa shape index (κ3) is 3.77. The average molecular weight is 415 g/mol. The van der Waals surface area contributed by atoms with Crippen LogP contribution in [-0.4, -0.2) is 41.7 Å². The largest absolute Gasteiger partial charge is 0.496 e. The summed E-state index contributed by atoms with van der Waals surface area (Å²) in [5.41, 5.74) is 3.57. The van der Waals surface area contributed by atoms with E-state index in [4.69, 9.17) is 14.2 Å². The molecule has 0 amide bonds. The molecule has 0 saturated carbocycles. The maximum Gasteiger partial charge on any atom is 0.340 e. The molecule has 4 rings (SSSR count). The highest BCUT2D eigenvalue weighted by molar-refractivity contribution is 6.07. The van der Waals surface area contributed by atoms with Gasteiger partial charge in [0.2, 0.25) is 0 Å². The summed E-state index contributed by atoms with van der Waals surface area (Å²) in [7, 11) is 3.19. The number of ether oxygens (including phenoxy) is 3. The van der Waals surface area contributed by atoms with Crippen LogP contribution in [0.2, 0.25) is 0 Å². The van der Waals surface area contributed by atoms with Crippen LogP contribution in [0.3, 0.4) is 0 Å². The van der Waals surface area contributed by atoms with Crippen molar-refractivity contribution in [3.8, 4) is 34.0 Å². The lowest BCUT2D eigenvalue weighted by Crippen LogP contribution is -2.08. The molecule has 0 bridgehead atoms. The normalized spacial score (nSPS) is 10.7. The zero-order valence-electron chi connectivity index (χ0n) is 17.5. The molecule has 4 aromatic rings. The highest BCUT2D eigenvalue weighted by atomic mass is 16.5. The van der Waals surface area contributed by atoms with Gasteiger partial charge >= 0.3 is 5.97 Å². The number of aromatic nitrogens is 3. The van der Waals surface area contributed by atoms with Gasteiger partial charge in [0, 0.05) is 22.7 Å². The number of esters is 1. The molecule has 0 saturated heterocycles. The van der Waals surface area contributed by atoms with E-state index >= 15 is 0 Å². The average Bonchev–Trinajstić information content (AvgIpc) is 2.83. The van der Waals surface area contributed by atoms with Crippen LogP contribution in [-0.2, 0) is 4.74 Å². The van der Waals surface area contributed by atoms with Crippen molar-refractivity contribution >= 4 is 16.9 Å². The number of pyridine rings is 1. The van der Waals surface area contributed by atoms with E-state index in [2.05, 4.69) is 15.0 Å². The third-order valence-electron chi connectivity index (χ3n) is 4.87. The summed E-state index contributed by atoms with van der Waals surface area (Å²) < 4.78 is 16.1. The highest BCUT2D eigenvalue weighted by Gasteiger charge is 2.21. The number of methoxy groups -OCH3 is 2. The molecule has 0 unspecified atom stereocenters. The van der Waals surface area contributed by atoms with Gasteiger partial charge in [0.1, 0.15) is 17.0 Å². The van der Waals surface area contributed by atoms with Crippen molar-refractivity contribution < 1.29 is 19.0 Å². The molecule has 0 aliphatic rings. The molecule has 31 heavy (non-hydrogen) atoms. The first kappa shape index (κ1) is 20.3. The van der Waals surface area contributed by atoms with Crippen LogP contribution in [0.5, 0.6) is 11.5 Å². The third-order valence-corrected chi connectivity index (χ3v) is 4.87. The van der Waals surface area contributed by atoms with E-state index < -0.39 is 5.97 Å². The predicted molar refractivity (Wildman–Crippen MR) is 117 cm³/mol. The van der Waals surface area contributed by atoms with Gasteiger partial charge in [0.05, 0.1) is 50.2 Å². The van der Waals surface area contributed by atoms with Crippen molar-refractivity contribution in [1.82, 2.24) is 15.0 Å². The van der Waals surface area contributed by atoms with Crippen molar-refractivity contribution in [1.29, 1.82) is 0 Å². The molecule has 2 aromatic carbocycles. The fraction of sp³-hybridized carbons (Fsp3) is 0.167. The molecule has 0 N–H and O–H groups in total. The molecule has 0 aliphatic carbocycles. The van der Waals surface area contributed by atoms with E-state index in [0.29, 0.717) is 39.5 Å². The monoisotopic (exact) mass is 415 g/mol. The van der Waals surface area contributed by atoms with Crippen molar-refractivity contribution in [2.75, 3.05) is 20.8 Å². The van der Waals surface area contributed by atoms with Crippen molar-refractivity contribution in [2.45, 2.75) is 6.92 Å². The number of hydrogen-bond donors (Lipinski definition) is 0. The Hall–Kier alpha value is -4.00. The number of carbonyl (C=O) groups is 1. The molecule has 7 nitrogen and oxygen atoms in total. The zero-order valence-corrected chi connectivity index (χ0v) is 17.5. The molecular weight excluding hydrogens is 394 g/mol. The summed E-state index contributed by atoms with van der Waals surface area (Å²) in [5.74, 6) is 0.842. The first-order chi connectivity index (χ1) is 15.2. The van der Waals surface area contributed by atoms with Gasteiger partial charge in [0.25, 0.3) is 0 Å². The standard InChI is InChI=1S/C24H21N3O4/c1-4-31-24(28)17-12-27-23-16(9-7-11-21(23)30-3)22(17)19-14-25-18(13-26-19)15-8-5-6-10-20(15)29-2/h5-14H,4H2,1-3H3. The minimum Gasteiger partial charge on any atom is -0.496 e. The number of carbonyl (C=O) groups excluding carboxylic acids is 1. The number of benzene rings is 2. The summed E-state index contributed by atoms with van der Waals surface area (Å²) >= 11 is 0.